The Kier molecular flexibility index (Phi) is 6.09. The number of carbonyl (C=O) groups excluding carboxylic acids is 1. The van der Waals surface area contributed by atoms with E-state index in [1.165, 1.54) is 12.8 Å². The molecule has 1 saturated heterocycles. The summed E-state index contributed by atoms with van der Waals surface area (Å²) in [7, 11) is 0. The summed E-state index contributed by atoms with van der Waals surface area (Å²) in [5.74, 6) is 0.908. The Morgan fingerprint density at radius 2 is 2.11 bits per heavy atom. The second-order valence-electron chi connectivity index (χ2n) is 6.03. The highest BCUT2D eigenvalue weighted by molar-refractivity contribution is 5.76. The number of likely N-dealkylation sites (tertiary alicyclic amines) is 1. The molecule has 1 aliphatic heterocycles. The molecule has 1 heterocycles. The van der Waals surface area contributed by atoms with Gasteiger partial charge in [-0.25, -0.2) is 0 Å². The number of carbonyl (C=O) groups is 1. The molecule has 1 rings (SSSR count). The number of nitrogens with one attached hydrogen (secondary N) is 1. The molecular formula is C14H29N3O. The molecule has 0 saturated carbocycles. The van der Waals surface area contributed by atoms with Crippen LogP contribution in [-0.2, 0) is 4.79 Å². The average Bonchev–Trinajstić information content (AvgIpc) is 2.25. The standard InChI is InChI=1S/C14H29N3O/c1-10(2)16-14(18)8-13(9-15)17-6-5-11(3)7-12(17)4/h10-13H,5-9,15H2,1-4H3,(H,16,18). The second kappa shape index (κ2) is 7.10. The van der Waals surface area contributed by atoms with Crippen molar-refractivity contribution in [3.05, 3.63) is 0 Å². The first-order chi connectivity index (χ1) is 8.43. The summed E-state index contributed by atoms with van der Waals surface area (Å²) < 4.78 is 0. The van der Waals surface area contributed by atoms with Gasteiger partial charge in [-0.2, -0.15) is 0 Å². The van der Waals surface area contributed by atoms with Crippen molar-refractivity contribution in [1.29, 1.82) is 0 Å². The molecule has 1 fully saturated rings. The Hall–Kier alpha value is -0.610. The number of amides is 1. The van der Waals surface area contributed by atoms with E-state index in [0.717, 1.165) is 12.5 Å². The predicted molar refractivity (Wildman–Crippen MR) is 75.3 cm³/mol. The topological polar surface area (TPSA) is 58.4 Å². The number of rotatable bonds is 5. The van der Waals surface area contributed by atoms with E-state index in [0.29, 0.717) is 19.0 Å². The lowest BCUT2D eigenvalue weighted by atomic mass is 9.91. The van der Waals surface area contributed by atoms with Crippen LogP contribution in [-0.4, -0.2) is 42.0 Å². The molecule has 0 spiro atoms. The molecule has 0 aromatic heterocycles. The fourth-order valence-corrected chi connectivity index (χ4v) is 2.90. The van der Waals surface area contributed by atoms with Crippen molar-refractivity contribution >= 4 is 5.91 Å². The van der Waals surface area contributed by atoms with E-state index in [-0.39, 0.29) is 18.0 Å². The van der Waals surface area contributed by atoms with Gasteiger partial charge in [0, 0.05) is 31.1 Å². The predicted octanol–water partition coefficient (Wildman–Crippen LogP) is 1.35. The van der Waals surface area contributed by atoms with Crippen LogP contribution in [0.5, 0.6) is 0 Å². The van der Waals surface area contributed by atoms with Crippen LogP contribution in [0.4, 0.5) is 0 Å². The lowest BCUT2D eigenvalue weighted by Gasteiger charge is -2.41. The first kappa shape index (κ1) is 15.4. The maximum atomic E-state index is 11.8. The molecule has 3 unspecified atom stereocenters. The van der Waals surface area contributed by atoms with E-state index in [1.807, 2.05) is 13.8 Å². The van der Waals surface area contributed by atoms with Gasteiger partial charge in [-0.05, 0) is 46.1 Å². The van der Waals surface area contributed by atoms with Crippen LogP contribution in [0.3, 0.4) is 0 Å². The zero-order chi connectivity index (χ0) is 13.7. The Balaban J connectivity index is 2.52. The summed E-state index contributed by atoms with van der Waals surface area (Å²) in [6.45, 7) is 10.2. The summed E-state index contributed by atoms with van der Waals surface area (Å²) in [5, 5.41) is 2.95. The SMILES string of the molecule is CC1CCN(C(CN)CC(=O)NC(C)C)C(C)C1. The molecule has 1 amide bonds. The second-order valence-corrected chi connectivity index (χ2v) is 6.03. The van der Waals surface area contributed by atoms with Gasteiger partial charge in [-0.3, -0.25) is 9.69 Å². The van der Waals surface area contributed by atoms with Gasteiger partial charge in [0.15, 0.2) is 0 Å². The van der Waals surface area contributed by atoms with Crippen LogP contribution in [0.1, 0.15) is 47.0 Å². The number of nitrogens with two attached hydrogens (primary N) is 1. The average molecular weight is 255 g/mol. The quantitative estimate of drug-likeness (QED) is 0.779. The molecule has 106 valence electrons. The van der Waals surface area contributed by atoms with Gasteiger partial charge in [0.2, 0.25) is 5.91 Å². The van der Waals surface area contributed by atoms with E-state index >= 15 is 0 Å². The molecule has 18 heavy (non-hydrogen) atoms. The Morgan fingerprint density at radius 1 is 1.44 bits per heavy atom. The zero-order valence-electron chi connectivity index (χ0n) is 12.3. The molecule has 1 aliphatic rings. The fourth-order valence-electron chi connectivity index (χ4n) is 2.90. The highest BCUT2D eigenvalue weighted by Gasteiger charge is 2.29. The minimum absolute atomic E-state index is 0.117. The van der Waals surface area contributed by atoms with E-state index in [4.69, 9.17) is 5.73 Å². The normalized spacial score (nSPS) is 27.2. The fraction of sp³-hybridized carbons (Fsp3) is 0.929. The molecule has 4 nitrogen and oxygen atoms in total. The first-order valence-corrected chi connectivity index (χ1v) is 7.19. The summed E-state index contributed by atoms with van der Waals surface area (Å²) in [5.41, 5.74) is 5.86. The van der Waals surface area contributed by atoms with Gasteiger partial charge < -0.3 is 11.1 Å². The van der Waals surface area contributed by atoms with Gasteiger partial charge in [0.05, 0.1) is 0 Å². The van der Waals surface area contributed by atoms with Crippen molar-refractivity contribution in [3.63, 3.8) is 0 Å². The molecule has 0 aromatic rings. The molecule has 0 radical (unpaired) electrons. The van der Waals surface area contributed by atoms with E-state index in [9.17, 15) is 4.79 Å². The largest absolute Gasteiger partial charge is 0.354 e. The van der Waals surface area contributed by atoms with E-state index in [2.05, 4.69) is 24.1 Å². The third-order valence-electron chi connectivity index (χ3n) is 3.80. The van der Waals surface area contributed by atoms with E-state index < -0.39 is 0 Å². The number of piperidine rings is 1. The zero-order valence-corrected chi connectivity index (χ0v) is 12.3. The van der Waals surface area contributed by atoms with Gasteiger partial charge in [-0.15, -0.1) is 0 Å². The minimum Gasteiger partial charge on any atom is -0.354 e. The Bertz CT molecular complexity index is 268. The van der Waals surface area contributed by atoms with Crippen molar-refractivity contribution in [2.75, 3.05) is 13.1 Å². The van der Waals surface area contributed by atoms with Crippen LogP contribution in [0.2, 0.25) is 0 Å². The van der Waals surface area contributed by atoms with Gasteiger partial charge >= 0.3 is 0 Å². The number of hydrogen-bond acceptors (Lipinski definition) is 3. The summed E-state index contributed by atoms with van der Waals surface area (Å²) >= 11 is 0. The van der Waals surface area contributed by atoms with Gasteiger partial charge in [-0.1, -0.05) is 6.92 Å². The molecule has 0 aliphatic carbocycles. The monoisotopic (exact) mass is 255 g/mol. The number of nitrogens with zero attached hydrogens (tertiary/aromatic N) is 1. The molecule has 3 atom stereocenters. The highest BCUT2D eigenvalue weighted by Crippen LogP contribution is 2.24. The molecular weight excluding hydrogens is 226 g/mol. The molecule has 4 heteroatoms. The van der Waals surface area contributed by atoms with Crippen molar-refractivity contribution in [2.45, 2.75) is 65.1 Å². The number of hydrogen-bond donors (Lipinski definition) is 2. The summed E-state index contributed by atoms with van der Waals surface area (Å²) in [4.78, 5) is 14.3. The maximum Gasteiger partial charge on any atom is 0.221 e. The minimum atomic E-state index is 0.117. The lowest BCUT2D eigenvalue weighted by Crippen LogP contribution is -2.51. The third kappa shape index (κ3) is 4.58. The van der Waals surface area contributed by atoms with Crippen LogP contribution in [0.25, 0.3) is 0 Å². The smallest absolute Gasteiger partial charge is 0.221 e. The van der Waals surface area contributed by atoms with Crippen molar-refractivity contribution in [1.82, 2.24) is 10.2 Å². The third-order valence-corrected chi connectivity index (χ3v) is 3.80. The maximum absolute atomic E-state index is 11.8. The first-order valence-electron chi connectivity index (χ1n) is 7.19. The Morgan fingerprint density at radius 3 is 2.61 bits per heavy atom. The molecule has 3 N–H and O–H groups in total. The van der Waals surface area contributed by atoms with E-state index in [1.54, 1.807) is 0 Å². The van der Waals surface area contributed by atoms with Crippen LogP contribution < -0.4 is 11.1 Å². The van der Waals surface area contributed by atoms with Crippen LogP contribution >= 0.6 is 0 Å². The molecule has 0 bridgehead atoms. The Labute approximate surface area is 111 Å². The van der Waals surface area contributed by atoms with Gasteiger partial charge in [0.1, 0.15) is 0 Å². The highest BCUT2D eigenvalue weighted by atomic mass is 16.1. The lowest BCUT2D eigenvalue weighted by molar-refractivity contribution is -0.123. The van der Waals surface area contributed by atoms with Crippen molar-refractivity contribution in [2.24, 2.45) is 11.7 Å². The van der Waals surface area contributed by atoms with Crippen LogP contribution in [0, 0.1) is 5.92 Å². The van der Waals surface area contributed by atoms with Crippen LogP contribution in [0.15, 0.2) is 0 Å². The molecule has 0 aromatic carbocycles. The van der Waals surface area contributed by atoms with Crippen molar-refractivity contribution < 1.29 is 4.79 Å². The summed E-state index contributed by atoms with van der Waals surface area (Å²) in [6, 6.07) is 0.926. The summed E-state index contributed by atoms with van der Waals surface area (Å²) in [6.07, 6.45) is 2.95. The van der Waals surface area contributed by atoms with Gasteiger partial charge in [0.25, 0.3) is 0 Å². The van der Waals surface area contributed by atoms with Crippen molar-refractivity contribution in [3.8, 4) is 0 Å².